The highest BCUT2D eigenvalue weighted by Gasteiger charge is 2.37. The first-order chi connectivity index (χ1) is 13.2. The summed E-state index contributed by atoms with van der Waals surface area (Å²) >= 11 is 0. The molecular weight excluding hydrogens is 332 g/mol. The number of fused-ring (bicyclic) bond motifs is 2. The van der Waals surface area contributed by atoms with Crippen LogP contribution in [0.3, 0.4) is 0 Å². The number of benzene rings is 1. The van der Waals surface area contributed by atoms with Crippen molar-refractivity contribution in [3.63, 3.8) is 0 Å². The normalized spacial score (nSPS) is 21.5. The van der Waals surface area contributed by atoms with Crippen molar-refractivity contribution < 1.29 is 0 Å². The molecule has 5 rings (SSSR count). The standard InChI is InChI=1S/C23H30N4/c1-3-26-12-4-5-18-13-17(6-11-23(18)26)16(2)27(20-7-8-20)21-9-10-22-19(14-21)15-24-25-22/h6,11,13,15,20-21H,2-5,7-10,12,14H2,1H3,(H,24,25). The van der Waals surface area contributed by atoms with Gasteiger partial charge in [-0.25, -0.2) is 0 Å². The molecule has 1 fully saturated rings. The van der Waals surface area contributed by atoms with E-state index in [4.69, 9.17) is 0 Å². The molecule has 1 saturated carbocycles. The van der Waals surface area contributed by atoms with Gasteiger partial charge in [0.1, 0.15) is 0 Å². The molecule has 0 saturated heterocycles. The molecule has 1 N–H and O–H groups in total. The van der Waals surface area contributed by atoms with Crippen LogP contribution < -0.4 is 4.90 Å². The first-order valence-electron chi connectivity index (χ1n) is 10.6. The molecule has 2 aromatic rings. The van der Waals surface area contributed by atoms with Crippen LogP contribution in [0.4, 0.5) is 5.69 Å². The van der Waals surface area contributed by atoms with Crippen molar-refractivity contribution in [2.75, 3.05) is 18.0 Å². The lowest BCUT2D eigenvalue weighted by Crippen LogP contribution is -2.39. The highest BCUT2D eigenvalue weighted by molar-refractivity contribution is 5.68. The van der Waals surface area contributed by atoms with Crippen molar-refractivity contribution in [3.05, 3.63) is 53.4 Å². The van der Waals surface area contributed by atoms with Gasteiger partial charge in [-0.15, -0.1) is 0 Å². The van der Waals surface area contributed by atoms with Gasteiger partial charge >= 0.3 is 0 Å². The second kappa shape index (κ2) is 6.74. The number of H-pyrrole nitrogens is 1. The monoisotopic (exact) mass is 362 g/mol. The van der Waals surface area contributed by atoms with E-state index in [1.54, 1.807) is 0 Å². The number of nitrogens with zero attached hydrogens (tertiary/aromatic N) is 3. The van der Waals surface area contributed by atoms with Gasteiger partial charge in [-0.1, -0.05) is 12.6 Å². The van der Waals surface area contributed by atoms with Crippen LogP contribution in [0.5, 0.6) is 0 Å². The number of aromatic amines is 1. The van der Waals surface area contributed by atoms with E-state index >= 15 is 0 Å². The molecule has 1 unspecified atom stereocenters. The summed E-state index contributed by atoms with van der Waals surface area (Å²) in [5.41, 5.74) is 8.20. The molecule has 27 heavy (non-hydrogen) atoms. The highest BCUT2D eigenvalue weighted by atomic mass is 15.2. The summed E-state index contributed by atoms with van der Waals surface area (Å²) in [5, 5.41) is 7.42. The van der Waals surface area contributed by atoms with E-state index in [1.807, 2.05) is 6.20 Å². The minimum absolute atomic E-state index is 0.554. The van der Waals surface area contributed by atoms with Gasteiger partial charge in [0.2, 0.25) is 0 Å². The summed E-state index contributed by atoms with van der Waals surface area (Å²) < 4.78 is 0. The Bertz CT molecular complexity index is 848. The minimum atomic E-state index is 0.554. The van der Waals surface area contributed by atoms with Crippen molar-refractivity contribution in [2.24, 2.45) is 0 Å². The van der Waals surface area contributed by atoms with Gasteiger partial charge in [0, 0.05) is 42.3 Å². The van der Waals surface area contributed by atoms with Crippen LogP contribution in [0.15, 0.2) is 31.0 Å². The number of aromatic nitrogens is 2. The Hall–Kier alpha value is -2.23. The van der Waals surface area contributed by atoms with Crippen molar-refractivity contribution in [1.29, 1.82) is 0 Å². The summed E-state index contributed by atoms with van der Waals surface area (Å²) in [4.78, 5) is 5.16. The molecule has 1 aromatic heterocycles. The predicted molar refractivity (Wildman–Crippen MR) is 111 cm³/mol. The van der Waals surface area contributed by atoms with Crippen LogP contribution in [0.25, 0.3) is 5.70 Å². The Morgan fingerprint density at radius 1 is 1.22 bits per heavy atom. The van der Waals surface area contributed by atoms with Gasteiger partial charge in [-0.2, -0.15) is 5.10 Å². The lowest BCUT2D eigenvalue weighted by Gasteiger charge is -2.38. The SMILES string of the molecule is C=C(c1ccc2c(c1)CCCN2CC)N(C1CC1)C1CCc2[nH]ncc2C1. The van der Waals surface area contributed by atoms with Crippen molar-refractivity contribution >= 4 is 11.4 Å². The number of nitrogens with one attached hydrogen (secondary N) is 1. The summed E-state index contributed by atoms with van der Waals surface area (Å²) in [5.74, 6) is 0. The van der Waals surface area contributed by atoms with Crippen LogP contribution in [-0.2, 0) is 19.3 Å². The molecule has 0 amide bonds. The van der Waals surface area contributed by atoms with E-state index in [0.717, 1.165) is 19.4 Å². The third-order valence-electron chi connectivity index (χ3n) is 6.65. The smallest absolute Gasteiger partial charge is 0.0522 e. The van der Waals surface area contributed by atoms with Crippen molar-refractivity contribution in [3.8, 4) is 0 Å². The van der Waals surface area contributed by atoms with Crippen LogP contribution in [0.2, 0.25) is 0 Å². The lowest BCUT2D eigenvalue weighted by atomic mass is 9.91. The molecule has 142 valence electrons. The molecule has 1 atom stereocenters. The van der Waals surface area contributed by atoms with Gasteiger partial charge in [0.25, 0.3) is 0 Å². The van der Waals surface area contributed by atoms with E-state index in [9.17, 15) is 0 Å². The molecule has 3 aliphatic rings. The Balaban J connectivity index is 1.42. The molecule has 0 radical (unpaired) electrons. The topological polar surface area (TPSA) is 35.2 Å². The Kier molecular flexibility index (Phi) is 4.22. The molecule has 0 spiro atoms. The van der Waals surface area contributed by atoms with Gasteiger partial charge in [-0.05, 0) is 80.7 Å². The number of hydrogen-bond acceptors (Lipinski definition) is 3. The molecule has 1 aliphatic heterocycles. The van der Waals surface area contributed by atoms with Gasteiger partial charge in [-0.3, -0.25) is 5.10 Å². The quantitative estimate of drug-likeness (QED) is 0.867. The van der Waals surface area contributed by atoms with E-state index in [0.29, 0.717) is 12.1 Å². The fraction of sp³-hybridized carbons (Fsp3) is 0.522. The highest BCUT2D eigenvalue weighted by Crippen LogP contribution is 2.39. The number of aryl methyl sites for hydroxylation is 2. The number of rotatable bonds is 5. The average Bonchev–Trinajstić information content (AvgIpc) is 3.42. The first-order valence-corrected chi connectivity index (χ1v) is 10.6. The Labute approximate surface area is 162 Å². The average molecular weight is 363 g/mol. The minimum Gasteiger partial charge on any atom is -0.372 e. The second-order valence-corrected chi connectivity index (χ2v) is 8.38. The molecule has 2 heterocycles. The third kappa shape index (κ3) is 3.05. The number of hydrogen-bond donors (Lipinski definition) is 1. The maximum atomic E-state index is 4.58. The Morgan fingerprint density at radius 3 is 2.93 bits per heavy atom. The summed E-state index contributed by atoms with van der Waals surface area (Å²) in [6.45, 7) is 9.12. The van der Waals surface area contributed by atoms with E-state index in [2.05, 4.69) is 51.7 Å². The van der Waals surface area contributed by atoms with Crippen LogP contribution in [-0.4, -0.2) is 40.3 Å². The molecule has 0 bridgehead atoms. The summed E-state index contributed by atoms with van der Waals surface area (Å²) in [6, 6.07) is 8.29. The molecule has 4 heteroatoms. The maximum Gasteiger partial charge on any atom is 0.0522 e. The largest absolute Gasteiger partial charge is 0.372 e. The van der Waals surface area contributed by atoms with Crippen LogP contribution in [0, 0.1) is 0 Å². The fourth-order valence-corrected chi connectivity index (χ4v) is 5.06. The van der Waals surface area contributed by atoms with Gasteiger partial charge in [0.15, 0.2) is 0 Å². The third-order valence-corrected chi connectivity index (χ3v) is 6.65. The van der Waals surface area contributed by atoms with Gasteiger partial charge in [0.05, 0.1) is 6.20 Å². The predicted octanol–water partition coefficient (Wildman–Crippen LogP) is 4.17. The van der Waals surface area contributed by atoms with E-state index < -0.39 is 0 Å². The zero-order valence-electron chi connectivity index (χ0n) is 16.4. The van der Waals surface area contributed by atoms with Gasteiger partial charge < -0.3 is 9.80 Å². The maximum absolute atomic E-state index is 4.58. The summed E-state index contributed by atoms with van der Waals surface area (Å²) in [6.07, 6.45) is 10.5. The zero-order chi connectivity index (χ0) is 18.4. The first kappa shape index (κ1) is 16.9. The van der Waals surface area contributed by atoms with Crippen molar-refractivity contribution in [1.82, 2.24) is 15.1 Å². The lowest BCUT2D eigenvalue weighted by molar-refractivity contribution is 0.259. The zero-order valence-corrected chi connectivity index (χ0v) is 16.4. The van der Waals surface area contributed by atoms with Crippen molar-refractivity contribution in [2.45, 2.75) is 64.0 Å². The summed E-state index contributed by atoms with van der Waals surface area (Å²) in [7, 11) is 0. The molecular formula is C23H30N4. The fourth-order valence-electron chi connectivity index (χ4n) is 5.06. The molecule has 1 aromatic carbocycles. The second-order valence-electron chi connectivity index (χ2n) is 8.38. The Morgan fingerprint density at radius 2 is 2.11 bits per heavy atom. The molecule has 2 aliphatic carbocycles. The van der Waals surface area contributed by atoms with Crippen LogP contribution >= 0.6 is 0 Å². The van der Waals surface area contributed by atoms with Crippen LogP contribution in [0.1, 0.15) is 55.0 Å². The van der Waals surface area contributed by atoms with E-state index in [-0.39, 0.29) is 0 Å². The molecule has 4 nitrogen and oxygen atoms in total. The number of anilines is 1. The van der Waals surface area contributed by atoms with E-state index in [1.165, 1.54) is 72.4 Å².